The summed E-state index contributed by atoms with van der Waals surface area (Å²) in [5.74, 6) is 2.30. The normalized spacial score (nSPS) is 33.8. The highest BCUT2D eigenvalue weighted by Crippen LogP contribution is 2.45. The van der Waals surface area contributed by atoms with Crippen LogP contribution in [0.4, 0.5) is 0 Å². The summed E-state index contributed by atoms with van der Waals surface area (Å²) in [6.07, 6.45) is 4.13. The topological polar surface area (TPSA) is 44.5 Å². The molecule has 3 heteroatoms. The van der Waals surface area contributed by atoms with Crippen LogP contribution in [0.5, 0.6) is 5.75 Å². The Hall–Kier alpha value is -1.06. The number of benzene rings is 1. The van der Waals surface area contributed by atoms with Crippen molar-refractivity contribution < 1.29 is 9.47 Å². The Kier molecular flexibility index (Phi) is 3.52. The van der Waals surface area contributed by atoms with Crippen molar-refractivity contribution in [2.45, 2.75) is 31.4 Å². The average Bonchev–Trinajstić information content (AvgIpc) is 2.98. The molecule has 1 aromatic rings. The Morgan fingerprint density at radius 1 is 1.06 bits per heavy atom. The molecule has 2 fully saturated rings. The van der Waals surface area contributed by atoms with Crippen molar-refractivity contribution in [3.05, 3.63) is 30.3 Å². The van der Waals surface area contributed by atoms with Gasteiger partial charge in [0.2, 0.25) is 0 Å². The maximum absolute atomic E-state index is 6.19. The van der Waals surface area contributed by atoms with Crippen molar-refractivity contribution in [1.82, 2.24) is 0 Å². The number of hydrogen-bond acceptors (Lipinski definition) is 3. The van der Waals surface area contributed by atoms with E-state index in [1.807, 2.05) is 30.3 Å². The Balaban J connectivity index is 1.40. The Labute approximate surface area is 108 Å². The van der Waals surface area contributed by atoms with Gasteiger partial charge >= 0.3 is 0 Å². The smallest absolute Gasteiger partial charge is 0.119 e. The number of fused-ring (bicyclic) bond motifs is 2. The largest absolute Gasteiger partial charge is 0.491 e. The van der Waals surface area contributed by atoms with E-state index in [0.717, 1.165) is 5.75 Å². The zero-order valence-corrected chi connectivity index (χ0v) is 10.6. The molecule has 0 amide bonds. The minimum Gasteiger partial charge on any atom is -0.491 e. The summed E-state index contributed by atoms with van der Waals surface area (Å²) in [5.41, 5.74) is 6.19. The first-order chi connectivity index (χ1) is 8.84. The first-order valence-electron chi connectivity index (χ1n) is 6.89. The van der Waals surface area contributed by atoms with Crippen molar-refractivity contribution in [3.63, 3.8) is 0 Å². The van der Waals surface area contributed by atoms with Gasteiger partial charge in [-0.05, 0) is 43.2 Å². The summed E-state index contributed by atoms with van der Waals surface area (Å²) in [5, 5.41) is 0. The van der Waals surface area contributed by atoms with Crippen LogP contribution in [-0.2, 0) is 4.74 Å². The van der Waals surface area contributed by atoms with Crippen LogP contribution in [0.3, 0.4) is 0 Å². The molecule has 2 aliphatic rings. The second-order valence-corrected chi connectivity index (χ2v) is 5.41. The Bertz CT molecular complexity index is 379. The predicted molar refractivity (Wildman–Crippen MR) is 70.5 cm³/mol. The van der Waals surface area contributed by atoms with Gasteiger partial charge < -0.3 is 15.2 Å². The highest BCUT2D eigenvalue weighted by Gasteiger charge is 2.46. The maximum atomic E-state index is 6.19. The summed E-state index contributed by atoms with van der Waals surface area (Å²) in [7, 11) is 0. The van der Waals surface area contributed by atoms with E-state index < -0.39 is 0 Å². The molecule has 3 rings (SSSR count). The number of ether oxygens (including phenoxy) is 2. The van der Waals surface area contributed by atoms with E-state index in [1.165, 1.54) is 19.3 Å². The van der Waals surface area contributed by atoms with Gasteiger partial charge in [-0.1, -0.05) is 18.2 Å². The van der Waals surface area contributed by atoms with Gasteiger partial charge in [0, 0.05) is 6.04 Å². The van der Waals surface area contributed by atoms with E-state index >= 15 is 0 Å². The summed E-state index contributed by atoms with van der Waals surface area (Å²) >= 11 is 0. The number of para-hydroxylation sites is 1. The van der Waals surface area contributed by atoms with Gasteiger partial charge in [-0.25, -0.2) is 0 Å². The molecule has 0 saturated heterocycles. The average molecular weight is 247 g/mol. The Morgan fingerprint density at radius 3 is 2.56 bits per heavy atom. The van der Waals surface area contributed by atoms with Crippen molar-refractivity contribution in [2.24, 2.45) is 17.6 Å². The highest BCUT2D eigenvalue weighted by molar-refractivity contribution is 5.20. The second-order valence-electron chi connectivity index (χ2n) is 5.41. The van der Waals surface area contributed by atoms with Crippen LogP contribution in [0.2, 0.25) is 0 Å². The zero-order valence-electron chi connectivity index (χ0n) is 10.6. The first-order valence-corrected chi connectivity index (χ1v) is 6.89. The quantitative estimate of drug-likeness (QED) is 0.811. The molecule has 0 aliphatic heterocycles. The lowest BCUT2D eigenvalue weighted by Crippen LogP contribution is -2.42. The van der Waals surface area contributed by atoms with Crippen molar-refractivity contribution >= 4 is 0 Å². The molecule has 0 heterocycles. The molecule has 2 aliphatic carbocycles. The molecule has 98 valence electrons. The van der Waals surface area contributed by atoms with Crippen molar-refractivity contribution in [3.8, 4) is 5.75 Å². The minimum absolute atomic E-state index is 0.250. The standard InChI is InChI=1S/C15H21NO2/c16-14-11-6-7-12(10-11)15(14)18-9-8-17-13-4-2-1-3-5-13/h1-5,11-12,14-15H,6-10,16H2. The fourth-order valence-electron chi connectivity index (χ4n) is 3.39. The van der Waals surface area contributed by atoms with Gasteiger partial charge in [0.25, 0.3) is 0 Å². The fraction of sp³-hybridized carbons (Fsp3) is 0.600. The zero-order chi connectivity index (χ0) is 12.4. The molecule has 2 saturated carbocycles. The molecule has 3 nitrogen and oxygen atoms in total. The minimum atomic E-state index is 0.250. The van der Waals surface area contributed by atoms with Gasteiger partial charge in [-0.3, -0.25) is 0 Å². The van der Waals surface area contributed by atoms with Gasteiger partial charge in [0.15, 0.2) is 0 Å². The molecule has 4 atom stereocenters. The lowest BCUT2D eigenvalue weighted by Gasteiger charge is -2.28. The number of nitrogens with two attached hydrogens (primary N) is 1. The van der Waals surface area contributed by atoms with E-state index in [0.29, 0.717) is 25.0 Å². The van der Waals surface area contributed by atoms with Crippen LogP contribution >= 0.6 is 0 Å². The summed E-state index contributed by atoms with van der Waals surface area (Å²) in [6.45, 7) is 1.24. The summed E-state index contributed by atoms with van der Waals surface area (Å²) in [4.78, 5) is 0. The summed E-state index contributed by atoms with van der Waals surface area (Å²) < 4.78 is 11.5. The van der Waals surface area contributed by atoms with Crippen LogP contribution in [-0.4, -0.2) is 25.4 Å². The van der Waals surface area contributed by atoms with Crippen molar-refractivity contribution in [2.75, 3.05) is 13.2 Å². The van der Waals surface area contributed by atoms with Crippen LogP contribution in [0.1, 0.15) is 19.3 Å². The van der Waals surface area contributed by atoms with Crippen LogP contribution in [0, 0.1) is 11.8 Å². The van der Waals surface area contributed by atoms with Crippen molar-refractivity contribution in [1.29, 1.82) is 0 Å². The summed E-state index contributed by atoms with van der Waals surface area (Å²) in [6, 6.07) is 10.1. The maximum Gasteiger partial charge on any atom is 0.119 e. The third kappa shape index (κ3) is 2.38. The number of rotatable bonds is 5. The van der Waals surface area contributed by atoms with E-state index in [-0.39, 0.29) is 12.1 Å². The van der Waals surface area contributed by atoms with Gasteiger partial charge in [-0.2, -0.15) is 0 Å². The van der Waals surface area contributed by atoms with E-state index in [4.69, 9.17) is 15.2 Å². The second kappa shape index (κ2) is 5.29. The monoisotopic (exact) mass is 247 g/mol. The highest BCUT2D eigenvalue weighted by atomic mass is 16.5. The molecule has 2 N–H and O–H groups in total. The van der Waals surface area contributed by atoms with Gasteiger partial charge in [-0.15, -0.1) is 0 Å². The third-order valence-corrected chi connectivity index (χ3v) is 4.31. The van der Waals surface area contributed by atoms with E-state index in [2.05, 4.69) is 0 Å². The predicted octanol–water partition coefficient (Wildman–Crippen LogP) is 2.21. The molecule has 0 spiro atoms. The molecule has 2 bridgehead atoms. The number of hydrogen-bond donors (Lipinski definition) is 1. The fourth-order valence-corrected chi connectivity index (χ4v) is 3.39. The molecule has 0 aromatic heterocycles. The SMILES string of the molecule is NC1C2CCC(C2)C1OCCOc1ccccc1. The van der Waals surface area contributed by atoms with Crippen LogP contribution in [0.25, 0.3) is 0 Å². The lowest BCUT2D eigenvalue weighted by molar-refractivity contribution is -0.00811. The molecule has 0 radical (unpaired) electrons. The van der Waals surface area contributed by atoms with Crippen LogP contribution < -0.4 is 10.5 Å². The lowest BCUT2D eigenvalue weighted by atomic mass is 9.93. The van der Waals surface area contributed by atoms with Crippen LogP contribution in [0.15, 0.2) is 30.3 Å². The van der Waals surface area contributed by atoms with E-state index in [9.17, 15) is 0 Å². The van der Waals surface area contributed by atoms with E-state index in [1.54, 1.807) is 0 Å². The molecule has 18 heavy (non-hydrogen) atoms. The van der Waals surface area contributed by atoms with Gasteiger partial charge in [0.05, 0.1) is 12.7 Å². The Morgan fingerprint density at radius 2 is 1.83 bits per heavy atom. The molecular formula is C15H21NO2. The molecule has 1 aromatic carbocycles. The first kappa shape index (κ1) is 12.0. The third-order valence-electron chi connectivity index (χ3n) is 4.31. The molecule has 4 unspecified atom stereocenters. The van der Waals surface area contributed by atoms with Gasteiger partial charge in [0.1, 0.15) is 12.4 Å². The molecular weight excluding hydrogens is 226 g/mol.